The normalized spacial score (nSPS) is 11.9. The number of aryl methyl sites for hydroxylation is 1. The van der Waals surface area contributed by atoms with Gasteiger partial charge in [-0.3, -0.25) is 14.9 Å². The minimum absolute atomic E-state index is 0.0800. The van der Waals surface area contributed by atoms with Gasteiger partial charge in [0.25, 0.3) is 5.69 Å². The first kappa shape index (κ1) is 15.1. The minimum Gasteiger partial charge on any atom is -0.465 e. The Bertz CT molecular complexity index is 474. The first-order valence-corrected chi connectivity index (χ1v) is 6.09. The van der Waals surface area contributed by atoms with Crippen LogP contribution in [0.4, 0.5) is 5.69 Å². The molecule has 0 aliphatic rings. The van der Waals surface area contributed by atoms with E-state index < -0.39 is 4.92 Å². The third-order valence-electron chi connectivity index (χ3n) is 2.79. The lowest BCUT2D eigenvalue weighted by atomic mass is 10.0. The van der Waals surface area contributed by atoms with Crippen molar-refractivity contribution in [3.63, 3.8) is 0 Å². The van der Waals surface area contributed by atoms with Crippen LogP contribution in [0, 0.1) is 17.0 Å². The van der Waals surface area contributed by atoms with Crippen LogP contribution < -0.4 is 5.32 Å². The number of hydrogen-bond acceptors (Lipinski definition) is 5. The predicted molar refractivity (Wildman–Crippen MR) is 70.9 cm³/mol. The highest BCUT2D eigenvalue weighted by atomic mass is 16.6. The number of nitro benzene ring substituents is 1. The molecule has 0 amide bonds. The molecule has 6 heteroatoms. The molecular formula is C13H18N2O4. The molecule has 19 heavy (non-hydrogen) atoms. The second-order valence-corrected chi connectivity index (χ2v) is 4.21. The number of nitrogens with zero attached hydrogens (tertiary/aromatic N) is 1. The van der Waals surface area contributed by atoms with Crippen molar-refractivity contribution in [3.05, 3.63) is 39.4 Å². The third-order valence-corrected chi connectivity index (χ3v) is 2.79. The van der Waals surface area contributed by atoms with Crippen molar-refractivity contribution in [1.82, 2.24) is 5.32 Å². The summed E-state index contributed by atoms with van der Waals surface area (Å²) < 4.78 is 4.80. The average molecular weight is 266 g/mol. The molecular weight excluding hydrogens is 248 g/mol. The molecule has 0 radical (unpaired) electrons. The summed E-state index contributed by atoms with van der Waals surface area (Å²) in [7, 11) is 0. The Morgan fingerprint density at radius 1 is 1.53 bits per heavy atom. The van der Waals surface area contributed by atoms with Crippen LogP contribution in [-0.4, -0.2) is 24.0 Å². The van der Waals surface area contributed by atoms with E-state index in [4.69, 9.17) is 4.74 Å². The lowest BCUT2D eigenvalue weighted by molar-refractivity contribution is -0.385. The predicted octanol–water partition coefficient (Wildman–Crippen LogP) is 2.12. The number of carbonyl (C=O) groups is 1. The fourth-order valence-electron chi connectivity index (χ4n) is 1.66. The van der Waals surface area contributed by atoms with Gasteiger partial charge in [0.15, 0.2) is 0 Å². The van der Waals surface area contributed by atoms with Gasteiger partial charge in [-0.1, -0.05) is 12.1 Å². The summed E-state index contributed by atoms with van der Waals surface area (Å²) in [6.07, 6.45) is 0. The van der Waals surface area contributed by atoms with E-state index in [1.807, 2.05) is 13.0 Å². The zero-order chi connectivity index (χ0) is 14.4. The molecule has 1 aromatic carbocycles. The highest BCUT2D eigenvalue weighted by Crippen LogP contribution is 2.22. The monoisotopic (exact) mass is 266 g/mol. The quantitative estimate of drug-likeness (QED) is 0.484. The highest BCUT2D eigenvalue weighted by molar-refractivity contribution is 5.71. The van der Waals surface area contributed by atoms with E-state index in [-0.39, 0.29) is 24.2 Å². The maximum absolute atomic E-state index is 11.2. The second kappa shape index (κ2) is 6.84. The summed E-state index contributed by atoms with van der Waals surface area (Å²) in [4.78, 5) is 21.7. The minimum atomic E-state index is -0.406. The van der Waals surface area contributed by atoms with E-state index in [1.165, 1.54) is 6.07 Å². The zero-order valence-corrected chi connectivity index (χ0v) is 11.3. The van der Waals surface area contributed by atoms with E-state index in [9.17, 15) is 14.9 Å². The number of ether oxygens (including phenoxy) is 1. The average Bonchev–Trinajstić information content (AvgIpc) is 2.36. The number of rotatable bonds is 6. The molecule has 0 bridgehead atoms. The van der Waals surface area contributed by atoms with Crippen LogP contribution in [0.25, 0.3) is 0 Å². The molecule has 0 saturated carbocycles. The molecule has 6 nitrogen and oxygen atoms in total. The first-order valence-electron chi connectivity index (χ1n) is 6.09. The Hall–Kier alpha value is -1.95. The van der Waals surface area contributed by atoms with Gasteiger partial charge >= 0.3 is 5.97 Å². The largest absolute Gasteiger partial charge is 0.465 e. The van der Waals surface area contributed by atoms with Crippen molar-refractivity contribution < 1.29 is 14.5 Å². The lowest BCUT2D eigenvalue weighted by Gasteiger charge is -2.14. The summed E-state index contributed by atoms with van der Waals surface area (Å²) in [5, 5.41) is 13.8. The van der Waals surface area contributed by atoms with Crippen molar-refractivity contribution in [2.75, 3.05) is 13.2 Å². The van der Waals surface area contributed by atoms with Crippen molar-refractivity contribution >= 4 is 11.7 Å². The van der Waals surface area contributed by atoms with Crippen molar-refractivity contribution in [2.45, 2.75) is 26.8 Å². The van der Waals surface area contributed by atoms with Crippen LogP contribution in [0.5, 0.6) is 0 Å². The molecule has 1 rings (SSSR count). The summed E-state index contributed by atoms with van der Waals surface area (Å²) in [5.41, 5.74) is 1.47. The third kappa shape index (κ3) is 4.33. The molecule has 0 aliphatic heterocycles. The van der Waals surface area contributed by atoms with Gasteiger partial charge in [0.1, 0.15) is 0 Å². The van der Waals surface area contributed by atoms with Crippen LogP contribution in [0.3, 0.4) is 0 Å². The molecule has 1 unspecified atom stereocenters. The Balaban J connectivity index is 2.72. The van der Waals surface area contributed by atoms with E-state index in [2.05, 4.69) is 5.32 Å². The van der Waals surface area contributed by atoms with Crippen LogP contribution in [0.1, 0.15) is 31.0 Å². The van der Waals surface area contributed by atoms with Crippen LogP contribution in [-0.2, 0) is 9.53 Å². The smallest absolute Gasteiger partial charge is 0.319 e. The van der Waals surface area contributed by atoms with Gasteiger partial charge in [-0.05, 0) is 26.3 Å². The maximum atomic E-state index is 11.2. The highest BCUT2D eigenvalue weighted by Gasteiger charge is 2.14. The number of nitro groups is 1. The van der Waals surface area contributed by atoms with E-state index in [1.54, 1.807) is 19.9 Å². The molecule has 0 fully saturated rings. The number of hydrogen-bond donors (Lipinski definition) is 1. The molecule has 0 aliphatic carbocycles. The number of carbonyl (C=O) groups excluding carboxylic acids is 1. The molecule has 0 spiro atoms. The Labute approximate surface area is 111 Å². The van der Waals surface area contributed by atoms with Gasteiger partial charge < -0.3 is 10.1 Å². The van der Waals surface area contributed by atoms with Crippen molar-refractivity contribution in [3.8, 4) is 0 Å². The zero-order valence-electron chi connectivity index (χ0n) is 11.3. The van der Waals surface area contributed by atoms with Crippen molar-refractivity contribution in [2.24, 2.45) is 0 Å². The number of nitrogens with one attached hydrogen (secondary N) is 1. The maximum Gasteiger partial charge on any atom is 0.319 e. The topological polar surface area (TPSA) is 81.5 Å². The standard InChI is InChI=1S/C13H18N2O4/c1-4-19-13(16)8-14-10(3)11-6-5-9(2)12(7-11)15(17)18/h5-7,10,14H,4,8H2,1-3H3. The summed E-state index contributed by atoms with van der Waals surface area (Å²) in [6, 6.07) is 4.88. The van der Waals surface area contributed by atoms with Gasteiger partial charge in [0, 0.05) is 17.7 Å². The van der Waals surface area contributed by atoms with Gasteiger partial charge in [0.2, 0.25) is 0 Å². The van der Waals surface area contributed by atoms with Gasteiger partial charge in [-0.2, -0.15) is 0 Å². The summed E-state index contributed by atoms with van der Waals surface area (Å²) in [5.74, 6) is -0.337. The summed E-state index contributed by atoms with van der Waals surface area (Å²) in [6.45, 7) is 5.69. The molecule has 0 heterocycles. The lowest BCUT2D eigenvalue weighted by Crippen LogP contribution is -2.27. The fraction of sp³-hybridized carbons (Fsp3) is 0.462. The molecule has 0 aromatic heterocycles. The van der Waals surface area contributed by atoms with Crippen LogP contribution >= 0.6 is 0 Å². The number of benzene rings is 1. The van der Waals surface area contributed by atoms with Crippen molar-refractivity contribution in [1.29, 1.82) is 0 Å². The summed E-state index contributed by atoms with van der Waals surface area (Å²) >= 11 is 0. The van der Waals surface area contributed by atoms with E-state index in [0.29, 0.717) is 12.2 Å². The molecule has 1 atom stereocenters. The fourth-order valence-corrected chi connectivity index (χ4v) is 1.66. The molecule has 0 saturated heterocycles. The number of esters is 1. The van der Waals surface area contributed by atoms with E-state index >= 15 is 0 Å². The van der Waals surface area contributed by atoms with Gasteiger partial charge in [-0.25, -0.2) is 0 Å². The first-order chi connectivity index (χ1) is 8.95. The van der Waals surface area contributed by atoms with Gasteiger partial charge in [0.05, 0.1) is 18.1 Å². The SMILES string of the molecule is CCOC(=O)CNC(C)c1ccc(C)c([N+](=O)[O-])c1. The van der Waals surface area contributed by atoms with E-state index in [0.717, 1.165) is 5.56 Å². The van der Waals surface area contributed by atoms with Crippen LogP contribution in [0.15, 0.2) is 18.2 Å². The Morgan fingerprint density at radius 2 is 2.21 bits per heavy atom. The molecule has 1 aromatic rings. The van der Waals surface area contributed by atoms with Gasteiger partial charge in [-0.15, -0.1) is 0 Å². The molecule has 104 valence electrons. The Morgan fingerprint density at radius 3 is 2.79 bits per heavy atom. The van der Waals surface area contributed by atoms with Crippen LogP contribution in [0.2, 0.25) is 0 Å². The molecule has 1 N–H and O–H groups in total. The Kier molecular flexibility index (Phi) is 5.44. The second-order valence-electron chi connectivity index (χ2n) is 4.21.